The zero-order valence-corrected chi connectivity index (χ0v) is 8.26. The number of fused-ring (bicyclic) bond motifs is 2. The van der Waals surface area contributed by atoms with Gasteiger partial charge in [-0.05, 0) is 10.3 Å². The number of hydrogen-bond acceptors (Lipinski definition) is 6. The van der Waals surface area contributed by atoms with Crippen LogP contribution in [0.4, 0.5) is 16.4 Å². The Balaban J connectivity index is 1.98. The van der Waals surface area contributed by atoms with Crippen LogP contribution in [-0.2, 0) is 0 Å². The van der Waals surface area contributed by atoms with Gasteiger partial charge in [0.1, 0.15) is 12.3 Å². The van der Waals surface area contributed by atoms with E-state index in [0.717, 1.165) is 0 Å². The van der Waals surface area contributed by atoms with E-state index in [1.54, 1.807) is 23.9 Å². The minimum absolute atomic E-state index is 0.0490. The molecule has 3 rings (SSSR count). The summed E-state index contributed by atoms with van der Waals surface area (Å²) in [4.78, 5) is 14.9. The standard InChI is InChI=1S/C7H10N6O2/c1-12-5-6(13(2)7(12)14)9-4-3(8-5)10-15-11-4/h5-6H,1-2H3,(H,8,10)(H,9,11)/t5-,6-/m0/s1. The third-order valence-corrected chi connectivity index (χ3v) is 2.79. The Morgan fingerprint density at radius 1 is 1.13 bits per heavy atom. The topological polar surface area (TPSA) is 86.5 Å². The van der Waals surface area contributed by atoms with Crippen molar-refractivity contribution in [3.05, 3.63) is 0 Å². The fourth-order valence-corrected chi connectivity index (χ4v) is 1.92. The highest BCUT2D eigenvalue weighted by atomic mass is 16.6. The highest BCUT2D eigenvalue weighted by molar-refractivity contribution is 5.80. The van der Waals surface area contributed by atoms with Crippen LogP contribution in [0.1, 0.15) is 0 Å². The molecule has 1 fully saturated rings. The van der Waals surface area contributed by atoms with Crippen molar-refractivity contribution in [2.45, 2.75) is 12.3 Å². The SMILES string of the molecule is CN1C(=O)N(C)[C@@H]2Nc3nonc3N[C@H]21. The first-order valence-corrected chi connectivity index (χ1v) is 4.54. The van der Waals surface area contributed by atoms with E-state index in [2.05, 4.69) is 25.6 Å². The third-order valence-electron chi connectivity index (χ3n) is 2.79. The zero-order chi connectivity index (χ0) is 10.6. The molecule has 0 aromatic carbocycles. The highest BCUT2D eigenvalue weighted by Crippen LogP contribution is 2.30. The van der Waals surface area contributed by atoms with Crippen LogP contribution in [0, 0.1) is 0 Å². The highest BCUT2D eigenvalue weighted by Gasteiger charge is 2.45. The number of urea groups is 1. The lowest BCUT2D eigenvalue weighted by Crippen LogP contribution is -2.49. The smallest absolute Gasteiger partial charge is 0.323 e. The first-order valence-electron chi connectivity index (χ1n) is 4.54. The number of likely N-dealkylation sites (N-methyl/N-ethyl adjacent to an activating group) is 2. The number of hydrogen-bond donors (Lipinski definition) is 2. The Morgan fingerprint density at radius 2 is 1.60 bits per heavy atom. The van der Waals surface area contributed by atoms with Crippen molar-refractivity contribution >= 4 is 17.7 Å². The second-order valence-corrected chi connectivity index (χ2v) is 3.64. The first kappa shape index (κ1) is 8.33. The van der Waals surface area contributed by atoms with Crippen LogP contribution in [0.15, 0.2) is 4.63 Å². The van der Waals surface area contributed by atoms with E-state index in [9.17, 15) is 4.79 Å². The monoisotopic (exact) mass is 210 g/mol. The van der Waals surface area contributed by atoms with Gasteiger partial charge >= 0.3 is 6.03 Å². The van der Waals surface area contributed by atoms with Crippen LogP contribution in [0.2, 0.25) is 0 Å². The summed E-state index contributed by atoms with van der Waals surface area (Å²) in [5.74, 6) is 1.07. The molecule has 8 heteroatoms. The van der Waals surface area contributed by atoms with Gasteiger partial charge in [0.05, 0.1) is 0 Å². The molecule has 0 spiro atoms. The second-order valence-electron chi connectivity index (χ2n) is 3.64. The lowest BCUT2D eigenvalue weighted by molar-refractivity contribution is 0.201. The number of amides is 2. The Kier molecular flexibility index (Phi) is 1.40. The molecule has 8 nitrogen and oxygen atoms in total. The minimum atomic E-state index is -0.151. The van der Waals surface area contributed by atoms with E-state index in [4.69, 9.17) is 0 Å². The summed E-state index contributed by atoms with van der Waals surface area (Å²) in [7, 11) is 3.47. The predicted octanol–water partition coefficient (Wildman–Crippen LogP) is -0.444. The van der Waals surface area contributed by atoms with Crippen LogP contribution in [0.5, 0.6) is 0 Å². The molecular weight excluding hydrogens is 200 g/mol. The number of carbonyl (C=O) groups excluding carboxylic acids is 1. The molecule has 2 atom stereocenters. The lowest BCUT2D eigenvalue weighted by Gasteiger charge is -2.30. The molecule has 0 aliphatic carbocycles. The van der Waals surface area contributed by atoms with Crippen LogP contribution < -0.4 is 10.6 Å². The third kappa shape index (κ3) is 0.928. The van der Waals surface area contributed by atoms with Gasteiger partial charge in [-0.1, -0.05) is 0 Å². The van der Waals surface area contributed by atoms with Crippen LogP contribution in [-0.4, -0.2) is 52.6 Å². The number of nitrogens with zero attached hydrogens (tertiary/aromatic N) is 4. The van der Waals surface area contributed by atoms with Crippen molar-refractivity contribution in [1.82, 2.24) is 20.1 Å². The summed E-state index contributed by atoms with van der Waals surface area (Å²) in [5, 5.41) is 13.5. The maximum Gasteiger partial charge on any atom is 0.323 e. The van der Waals surface area contributed by atoms with Crippen molar-refractivity contribution in [1.29, 1.82) is 0 Å². The number of carbonyl (C=O) groups is 1. The maximum absolute atomic E-state index is 11.7. The van der Waals surface area contributed by atoms with Gasteiger partial charge in [0.15, 0.2) is 0 Å². The Hall–Kier alpha value is -1.99. The first-order chi connectivity index (χ1) is 7.18. The molecule has 1 aromatic heterocycles. The van der Waals surface area contributed by atoms with Crippen LogP contribution in [0.3, 0.4) is 0 Å². The van der Waals surface area contributed by atoms with Gasteiger partial charge in [-0.25, -0.2) is 9.42 Å². The molecule has 3 heterocycles. The molecule has 80 valence electrons. The lowest BCUT2D eigenvalue weighted by atomic mass is 10.3. The van der Waals surface area contributed by atoms with Crippen LogP contribution in [0.25, 0.3) is 0 Å². The predicted molar refractivity (Wildman–Crippen MR) is 50.0 cm³/mol. The summed E-state index contributed by atoms with van der Waals surface area (Å²) in [6.45, 7) is 0. The van der Waals surface area contributed by atoms with Crippen molar-refractivity contribution < 1.29 is 9.42 Å². The fourth-order valence-electron chi connectivity index (χ4n) is 1.92. The van der Waals surface area contributed by atoms with Gasteiger partial charge in [-0.3, -0.25) is 0 Å². The van der Waals surface area contributed by atoms with Gasteiger partial charge in [0, 0.05) is 14.1 Å². The van der Waals surface area contributed by atoms with Gasteiger partial charge in [0.25, 0.3) is 0 Å². The van der Waals surface area contributed by atoms with Gasteiger partial charge in [-0.2, -0.15) is 0 Å². The molecule has 2 aliphatic heterocycles. The largest absolute Gasteiger partial charge is 0.341 e. The van der Waals surface area contributed by atoms with E-state index in [-0.39, 0.29) is 18.4 Å². The summed E-state index contributed by atoms with van der Waals surface area (Å²) in [5.41, 5.74) is 0. The van der Waals surface area contributed by atoms with E-state index in [1.807, 2.05) is 0 Å². The average Bonchev–Trinajstić information content (AvgIpc) is 2.77. The Bertz CT molecular complexity index is 383. The average molecular weight is 210 g/mol. The molecule has 0 radical (unpaired) electrons. The van der Waals surface area contributed by atoms with Crippen molar-refractivity contribution in [2.75, 3.05) is 24.7 Å². The minimum Gasteiger partial charge on any atom is -0.341 e. The molecule has 1 saturated heterocycles. The molecule has 2 amide bonds. The number of anilines is 2. The molecule has 2 aliphatic rings. The van der Waals surface area contributed by atoms with Gasteiger partial charge in [-0.15, -0.1) is 0 Å². The van der Waals surface area contributed by atoms with Gasteiger partial charge < -0.3 is 20.4 Å². The molecule has 0 bridgehead atoms. The maximum atomic E-state index is 11.7. The quantitative estimate of drug-likeness (QED) is 0.603. The normalized spacial score (nSPS) is 28.3. The molecular formula is C7H10N6O2. The van der Waals surface area contributed by atoms with Crippen molar-refractivity contribution in [3.63, 3.8) is 0 Å². The van der Waals surface area contributed by atoms with Gasteiger partial charge in [0.2, 0.25) is 11.6 Å². The Labute approximate surface area is 85.2 Å². The zero-order valence-electron chi connectivity index (χ0n) is 8.26. The Morgan fingerprint density at radius 3 is 2.07 bits per heavy atom. The summed E-state index contributed by atoms with van der Waals surface area (Å²) in [6.07, 6.45) is -0.302. The summed E-state index contributed by atoms with van der Waals surface area (Å²) >= 11 is 0. The molecule has 1 aromatic rings. The molecule has 0 saturated carbocycles. The molecule has 2 N–H and O–H groups in total. The second kappa shape index (κ2) is 2.53. The number of rotatable bonds is 0. The van der Waals surface area contributed by atoms with E-state index in [0.29, 0.717) is 11.6 Å². The van der Waals surface area contributed by atoms with Crippen molar-refractivity contribution in [2.24, 2.45) is 0 Å². The summed E-state index contributed by atoms with van der Waals surface area (Å²) in [6, 6.07) is -0.0490. The molecule has 15 heavy (non-hydrogen) atoms. The number of aromatic nitrogens is 2. The van der Waals surface area contributed by atoms with E-state index in [1.165, 1.54) is 0 Å². The van der Waals surface area contributed by atoms with Crippen LogP contribution >= 0.6 is 0 Å². The summed E-state index contributed by atoms with van der Waals surface area (Å²) < 4.78 is 4.58. The number of nitrogens with one attached hydrogen (secondary N) is 2. The fraction of sp³-hybridized carbons (Fsp3) is 0.571. The molecule has 0 unspecified atom stereocenters. The van der Waals surface area contributed by atoms with E-state index >= 15 is 0 Å². The van der Waals surface area contributed by atoms with Crippen molar-refractivity contribution in [3.8, 4) is 0 Å². The van der Waals surface area contributed by atoms with E-state index < -0.39 is 0 Å².